The molecule has 6 heteroatoms. The summed E-state index contributed by atoms with van der Waals surface area (Å²) >= 11 is 0. The number of halogens is 1. The zero-order chi connectivity index (χ0) is 5.28. The van der Waals surface area contributed by atoms with Gasteiger partial charge in [0, 0.05) is 12.1 Å². The highest BCUT2D eigenvalue weighted by molar-refractivity contribution is 5.69. The molecule has 0 radical (unpaired) electrons. The highest BCUT2D eigenvalue weighted by atomic mass is 127. The van der Waals surface area contributed by atoms with E-state index in [9.17, 15) is 0 Å². The molecule has 1 atom stereocenters. The monoisotopic (exact) mass is 227 g/mol. The Kier molecular flexibility index (Phi) is 3.02. The third kappa shape index (κ3) is 1.46. The third-order valence-electron chi connectivity index (χ3n) is 0.718. The van der Waals surface area contributed by atoms with Crippen LogP contribution < -0.4 is 34.9 Å². The molecule has 0 spiro atoms. The van der Waals surface area contributed by atoms with Crippen molar-refractivity contribution in [3.8, 4) is 0 Å². The SMILES string of the molecule is CC1=NN=N[NH+]1N.[I-]. The molecule has 0 aliphatic carbocycles. The van der Waals surface area contributed by atoms with Crippen LogP contribution in [0.2, 0.25) is 0 Å². The van der Waals surface area contributed by atoms with Gasteiger partial charge in [0.2, 0.25) is 0 Å². The number of hydrogen-bond donors (Lipinski definition) is 2. The molecule has 0 saturated heterocycles. The van der Waals surface area contributed by atoms with Gasteiger partial charge < -0.3 is 24.0 Å². The zero-order valence-corrected chi connectivity index (χ0v) is 6.45. The second-order valence-electron chi connectivity index (χ2n) is 1.26. The molecule has 0 aromatic carbocycles. The van der Waals surface area contributed by atoms with Gasteiger partial charge in [0.25, 0.3) is 5.84 Å². The Balaban J connectivity index is 0.000000490. The Hall–Kier alpha value is -0.0800. The molecule has 0 amide bonds. The lowest BCUT2D eigenvalue weighted by atomic mass is 10.7. The van der Waals surface area contributed by atoms with Gasteiger partial charge in [0.1, 0.15) is 0 Å². The van der Waals surface area contributed by atoms with E-state index in [2.05, 4.69) is 15.5 Å². The summed E-state index contributed by atoms with van der Waals surface area (Å²) in [5.41, 5.74) is 0. The van der Waals surface area contributed by atoms with Crippen molar-refractivity contribution in [3.05, 3.63) is 0 Å². The molecule has 0 saturated carbocycles. The van der Waals surface area contributed by atoms with E-state index in [1.807, 2.05) is 0 Å². The van der Waals surface area contributed by atoms with Crippen LogP contribution in [0.1, 0.15) is 6.92 Å². The van der Waals surface area contributed by atoms with E-state index in [-0.39, 0.29) is 24.0 Å². The van der Waals surface area contributed by atoms with Gasteiger partial charge in [-0.05, 0) is 0 Å². The lowest BCUT2D eigenvalue weighted by molar-refractivity contribution is -0.827. The lowest BCUT2D eigenvalue weighted by Crippen LogP contribution is -3.14. The van der Waals surface area contributed by atoms with E-state index in [0.717, 1.165) is 0 Å². The van der Waals surface area contributed by atoms with E-state index in [1.165, 1.54) is 0 Å². The van der Waals surface area contributed by atoms with Crippen molar-refractivity contribution in [3.63, 3.8) is 0 Å². The van der Waals surface area contributed by atoms with Crippen molar-refractivity contribution >= 4 is 5.84 Å². The summed E-state index contributed by atoms with van der Waals surface area (Å²) in [6.07, 6.45) is 0. The minimum Gasteiger partial charge on any atom is -1.00 e. The Morgan fingerprint density at radius 1 is 1.62 bits per heavy atom. The summed E-state index contributed by atoms with van der Waals surface area (Å²) in [7, 11) is 0. The van der Waals surface area contributed by atoms with Crippen LogP contribution in [-0.2, 0) is 0 Å². The number of nitrogens with zero attached hydrogens (tertiary/aromatic N) is 3. The van der Waals surface area contributed by atoms with E-state index in [0.29, 0.717) is 11.0 Å². The van der Waals surface area contributed by atoms with Crippen molar-refractivity contribution in [1.82, 2.24) is 0 Å². The maximum absolute atomic E-state index is 5.20. The van der Waals surface area contributed by atoms with E-state index in [4.69, 9.17) is 5.84 Å². The molecular formula is C2H6IN5. The molecule has 0 fully saturated rings. The molecule has 0 bridgehead atoms. The lowest BCUT2D eigenvalue weighted by Gasteiger charge is -1.89. The van der Waals surface area contributed by atoms with Gasteiger partial charge in [-0.25, -0.2) is 0 Å². The molecule has 1 aliphatic heterocycles. The normalized spacial score (nSPS) is 24.8. The molecule has 5 nitrogen and oxygen atoms in total. The summed E-state index contributed by atoms with van der Waals surface area (Å²) in [6, 6.07) is 0. The van der Waals surface area contributed by atoms with Gasteiger partial charge in [-0.2, -0.15) is 0 Å². The smallest absolute Gasteiger partial charge is 0.266 e. The molecule has 1 aliphatic rings. The summed E-state index contributed by atoms with van der Waals surface area (Å²) in [6.45, 7) is 1.76. The maximum atomic E-state index is 5.20. The average Bonchev–Trinajstić information content (AvgIpc) is 1.91. The number of nitrogens with two attached hydrogens (primary N) is 1. The van der Waals surface area contributed by atoms with E-state index < -0.39 is 0 Å². The number of amidine groups is 1. The second kappa shape index (κ2) is 3.05. The van der Waals surface area contributed by atoms with Crippen molar-refractivity contribution in [1.29, 1.82) is 0 Å². The molecule has 1 heterocycles. The Morgan fingerprint density at radius 2 is 2.25 bits per heavy atom. The number of nitrogens with one attached hydrogen (secondary N) is 1. The summed E-state index contributed by atoms with van der Waals surface area (Å²) < 4.78 is 0. The molecule has 1 rings (SSSR count). The second-order valence-corrected chi connectivity index (χ2v) is 1.26. The molecule has 0 aromatic rings. The fourth-order valence-corrected chi connectivity index (χ4v) is 0.261. The van der Waals surface area contributed by atoms with Crippen molar-refractivity contribution in [2.75, 3.05) is 0 Å². The number of rotatable bonds is 0. The highest BCUT2D eigenvalue weighted by Gasteiger charge is 2.10. The van der Waals surface area contributed by atoms with Crippen molar-refractivity contribution in [2.45, 2.75) is 6.92 Å². The van der Waals surface area contributed by atoms with Gasteiger partial charge >= 0.3 is 0 Å². The molecule has 8 heavy (non-hydrogen) atoms. The van der Waals surface area contributed by atoms with Crippen LogP contribution in [0.15, 0.2) is 15.5 Å². The topological polar surface area (TPSA) is 67.5 Å². The van der Waals surface area contributed by atoms with Gasteiger partial charge in [-0.1, -0.05) is 10.2 Å². The van der Waals surface area contributed by atoms with Crippen molar-refractivity contribution in [2.24, 2.45) is 21.4 Å². The summed E-state index contributed by atoms with van der Waals surface area (Å²) in [5, 5.41) is 10.7. The van der Waals surface area contributed by atoms with Crippen LogP contribution in [0.5, 0.6) is 0 Å². The van der Waals surface area contributed by atoms with Gasteiger partial charge in [0.15, 0.2) is 0 Å². The highest BCUT2D eigenvalue weighted by Crippen LogP contribution is 1.75. The molecular weight excluding hydrogens is 221 g/mol. The third-order valence-corrected chi connectivity index (χ3v) is 0.718. The predicted octanol–water partition coefficient (Wildman–Crippen LogP) is -4.54. The summed E-state index contributed by atoms with van der Waals surface area (Å²) in [5.74, 6) is 5.90. The molecule has 46 valence electrons. The van der Waals surface area contributed by atoms with Crippen LogP contribution in [0.3, 0.4) is 0 Å². The minimum absolute atomic E-state index is 0. The fourth-order valence-electron chi connectivity index (χ4n) is 0.261. The van der Waals surface area contributed by atoms with E-state index in [1.54, 1.807) is 6.92 Å². The summed E-state index contributed by atoms with van der Waals surface area (Å²) in [4.78, 5) is 0. The first-order valence-electron chi connectivity index (χ1n) is 1.89. The maximum Gasteiger partial charge on any atom is 0.266 e. The fraction of sp³-hybridized carbons (Fsp3) is 0.500. The molecule has 0 aromatic heterocycles. The number of quaternary nitrogens is 1. The molecule has 3 N–H and O–H groups in total. The zero-order valence-electron chi connectivity index (χ0n) is 4.30. The Labute approximate surface area is 63.6 Å². The van der Waals surface area contributed by atoms with Crippen LogP contribution in [0.25, 0.3) is 0 Å². The van der Waals surface area contributed by atoms with Gasteiger partial charge in [0.05, 0.1) is 5.22 Å². The standard InChI is InChI=1S/C2H5N5.HI/c1-2-4-5-6-7(2)3;/h3H2,1H3;1H. The van der Waals surface area contributed by atoms with Crippen molar-refractivity contribution < 1.29 is 29.1 Å². The van der Waals surface area contributed by atoms with Gasteiger partial charge in [-0.15, -0.1) is 5.84 Å². The number of hydrogen-bond acceptors (Lipinski definition) is 4. The Morgan fingerprint density at radius 3 is 2.38 bits per heavy atom. The average molecular weight is 227 g/mol. The Bertz CT molecular complexity index is 128. The van der Waals surface area contributed by atoms with Crippen LogP contribution >= 0.6 is 0 Å². The molecule has 1 unspecified atom stereocenters. The largest absolute Gasteiger partial charge is 1.00 e. The first-order valence-corrected chi connectivity index (χ1v) is 1.89. The van der Waals surface area contributed by atoms with E-state index >= 15 is 0 Å². The van der Waals surface area contributed by atoms with Crippen LogP contribution in [0.4, 0.5) is 0 Å². The van der Waals surface area contributed by atoms with Crippen LogP contribution in [-0.4, -0.2) is 5.84 Å². The van der Waals surface area contributed by atoms with Gasteiger partial charge in [-0.3, -0.25) is 0 Å². The minimum atomic E-state index is 0. The first-order chi connectivity index (χ1) is 3.30. The van der Waals surface area contributed by atoms with Crippen LogP contribution in [0, 0.1) is 0 Å². The first kappa shape index (κ1) is 7.92. The predicted molar refractivity (Wildman–Crippen MR) is 23.1 cm³/mol. The quantitative estimate of drug-likeness (QED) is 0.317.